The Morgan fingerprint density at radius 1 is 1.21 bits per heavy atom. The van der Waals surface area contributed by atoms with Gasteiger partial charge in [0.25, 0.3) is 0 Å². The molecular weight excluding hydrogens is 252 g/mol. The van der Waals surface area contributed by atoms with Crippen LogP contribution in [0.3, 0.4) is 0 Å². The van der Waals surface area contributed by atoms with Gasteiger partial charge in [0.1, 0.15) is 0 Å². The van der Waals surface area contributed by atoms with Gasteiger partial charge in [-0.1, -0.05) is 11.6 Å². The zero-order valence-corrected chi connectivity index (χ0v) is 10.2. The van der Waals surface area contributed by atoms with Crippen molar-refractivity contribution in [3.8, 4) is 11.4 Å². The van der Waals surface area contributed by atoms with Gasteiger partial charge in [0.15, 0.2) is 11.6 Å². The Morgan fingerprint density at radius 3 is 2.84 bits per heavy atom. The molecule has 0 radical (unpaired) electrons. The molecule has 0 amide bonds. The Bertz CT molecular complexity index is 579. The number of piperidine rings is 1. The van der Waals surface area contributed by atoms with E-state index >= 15 is 0 Å². The van der Waals surface area contributed by atoms with Crippen molar-refractivity contribution in [2.45, 2.75) is 25.3 Å². The molecule has 0 aliphatic carbocycles. The van der Waals surface area contributed by atoms with Gasteiger partial charge in [0.2, 0.25) is 11.7 Å². The van der Waals surface area contributed by atoms with E-state index < -0.39 is 11.6 Å². The van der Waals surface area contributed by atoms with Crippen LogP contribution >= 0.6 is 0 Å². The van der Waals surface area contributed by atoms with Crippen LogP contribution in [0.1, 0.15) is 31.2 Å². The summed E-state index contributed by atoms with van der Waals surface area (Å²) in [6.07, 6.45) is 3.20. The quantitative estimate of drug-likeness (QED) is 0.907. The van der Waals surface area contributed by atoms with E-state index in [2.05, 4.69) is 15.5 Å². The predicted molar refractivity (Wildman–Crippen MR) is 64.2 cm³/mol. The molecule has 3 rings (SSSR count). The Hall–Kier alpha value is -1.82. The Kier molecular flexibility index (Phi) is 3.25. The topological polar surface area (TPSA) is 51.0 Å². The van der Waals surface area contributed by atoms with Gasteiger partial charge < -0.3 is 9.84 Å². The zero-order valence-electron chi connectivity index (χ0n) is 10.2. The lowest BCUT2D eigenvalue weighted by Crippen LogP contribution is -2.26. The van der Waals surface area contributed by atoms with Crippen LogP contribution in [0.2, 0.25) is 0 Å². The normalized spacial score (nSPS) is 19.6. The summed E-state index contributed by atoms with van der Waals surface area (Å²) in [5.74, 6) is -1.03. The molecule has 1 saturated heterocycles. The second-order valence-corrected chi connectivity index (χ2v) is 4.59. The van der Waals surface area contributed by atoms with Crippen LogP contribution in [0.5, 0.6) is 0 Å². The van der Waals surface area contributed by atoms with Crippen LogP contribution in [-0.4, -0.2) is 16.7 Å². The van der Waals surface area contributed by atoms with E-state index in [0.29, 0.717) is 11.5 Å². The van der Waals surface area contributed by atoms with Crippen LogP contribution in [0.4, 0.5) is 8.78 Å². The third kappa shape index (κ3) is 2.49. The first-order valence-electron chi connectivity index (χ1n) is 6.26. The molecule has 6 heteroatoms. The van der Waals surface area contributed by atoms with Crippen molar-refractivity contribution in [3.63, 3.8) is 0 Å². The summed E-state index contributed by atoms with van der Waals surface area (Å²) < 4.78 is 31.2. The average Bonchev–Trinajstić information content (AvgIpc) is 2.93. The highest BCUT2D eigenvalue weighted by atomic mass is 19.2. The van der Waals surface area contributed by atoms with Gasteiger partial charge in [-0.2, -0.15) is 4.98 Å². The number of benzene rings is 1. The first kappa shape index (κ1) is 12.2. The molecule has 100 valence electrons. The number of halogens is 2. The Balaban J connectivity index is 1.85. The Morgan fingerprint density at radius 2 is 2.11 bits per heavy atom. The van der Waals surface area contributed by atoms with Crippen LogP contribution in [0.15, 0.2) is 22.7 Å². The minimum Gasteiger partial charge on any atom is -0.337 e. The fourth-order valence-electron chi connectivity index (χ4n) is 2.19. The number of nitrogens with one attached hydrogen (secondary N) is 1. The summed E-state index contributed by atoms with van der Waals surface area (Å²) >= 11 is 0. The van der Waals surface area contributed by atoms with Crippen molar-refractivity contribution in [3.05, 3.63) is 35.7 Å². The van der Waals surface area contributed by atoms with Crippen molar-refractivity contribution >= 4 is 0 Å². The number of nitrogens with zero attached hydrogens (tertiary/aromatic N) is 2. The largest absolute Gasteiger partial charge is 0.337 e. The van der Waals surface area contributed by atoms with Crippen LogP contribution in [0, 0.1) is 11.6 Å². The van der Waals surface area contributed by atoms with E-state index in [-0.39, 0.29) is 11.9 Å². The minimum atomic E-state index is -0.917. The maximum Gasteiger partial charge on any atom is 0.244 e. The number of hydrogen-bond donors (Lipinski definition) is 1. The number of rotatable bonds is 2. The fraction of sp³-hybridized carbons (Fsp3) is 0.385. The standard InChI is InChI=1S/C13H13F2N3O/c14-9-5-4-8(7-10(9)15)12-17-13(19-18-12)11-3-1-2-6-16-11/h4-5,7,11,16H,1-3,6H2/t11-/m1/s1. The van der Waals surface area contributed by atoms with Gasteiger partial charge in [0, 0.05) is 5.56 Å². The first-order valence-corrected chi connectivity index (χ1v) is 6.26. The van der Waals surface area contributed by atoms with Crippen LogP contribution < -0.4 is 5.32 Å². The van der Waals surface area contributed by atoms with Crippen molar-refractivity contribution in [2.24, 2.45) is 0 Å². The molecular formula is C13H13F2N3O. The van der Waals surface area contributed by atoms with E-state index in [9.17, 15) is 8.78 Å². The second kappa shape index (κ2) is 5.05. The maximum atomic E-state index is 13.2. The molecule has 2 heterocycles. The lowest BCUT2D eigenvalue weighted by molar-refractivity contribution is 0.297. The van der Waals surface area contributed by atoms with E-state index in [0.717, 1.165) is 37.9 Å². The molecule has 1 N–H and O–H groups in total. The lowest BCUT2D eigenvalue weighted by Gasteiger charge is -2.19. The highest BCUT2D eigenvalue weighted by Crippen LogP contribution is 2.24. The Labute approximate surface area is 108 Å². The van der Waals surface area contributed by atoms with Gasteiger partial charge in [-0.25, -0.2) is 8.78 Å². The van der Waals surface area contributed by atoms with E-state index in [1.807, 2.05) is 0 Å². The van der Waals surface area contributed by atoms with Gasteiger partial charge in [0.05, 0.1) is 6.04 Å². The average molecular weight is 265 g/mol. The third-order valence-corrected chi connectivity index (χ3v) is 3.23. The summed E-state index contributed by atoms with van der Waals surface area (Å²) in [5, 5.41) is 7.11. The van der Waals surface area contributed by atoms with Gasteiger partial charge in [-0.3, -0.25) is 0 Å². The van der Waals surface area contributed by atoms with Crippen LogP contribution in [-0.2, 0) is 0 Å². The molecule has 0 saturated carbocycles. The number of hydrogen-bond acceptors (Lipinski definition) is 4. The molecule has 0 spiro atoms. The molecule has 2 aromatic rings. The van der Waals surface area contributed by atoms with Crippen molar-refractivity contribution in [1.29, 1.82) is 0 Å². The minimum absolute atomic E-state index is 0.0558. The monoisotopic (exact) mass is 265 g/mol. The summed E-state index contributed by atoms with van der Waals surface area (Å²) in [6, 6.07) is 3.61. The smallest absolute Gasteiger partial charge is 0.244 e. The highest BCUT2D eigenvalue weighted by Gasteiger charge is 2.21. The highest BCUT2D eigenvalue weighted by molar-refractivity contribution is 5.54. The van der Waals surface area contributed by atoms with E-state index in [1.165, 1.54) is 6.07 Å². The third-order valence-electron chi connectivity index (χ3n) is 3.23. The molecule has 1 aliphatic heterocycles. The molecule has 4 nitrogen and oxygen atoms in total. The summed E-state index contributed by atoms with van der Waals surface area (Å²) in [4.78, 5) is 4.25. The van der Waals surface area contributed by atoms with E-state index in [4.69, 9.17) is 4.52 Å². The molecule has 1 aliphatic rings. The molecule has 1 atom stereocenters. The van der Waals surface area contributed by atoms with E-state index in [1.54, 1.807) is 0 Å². The predicted octanol–water partition coefficient (Wildman–Crippen LogP) is 2.83. The second-order valence-electron chi connectivity index (χ2n) is 4.59. The van der Waals surface area contributed by atoms with Gasteiger partial charge >= 0.3 is 0 Å². The van der Waals surface area contributed by atoms with Crippen molar-refractivity contribution < 1.29 is 13.3 Å². The van der Waals surface area contributed by atoms with Crippen LogP contribution in [0.25, 0.3) is 11.4 Å². The van der Waals surface area contributed by atoms with Crippen molar-refractivity contribution in [1.82, 2.24) is 15.5 Å². The summed E-state index contributed by atoms with van der Waals surface area (Å²) in [5.41, 5.74) is 0.407. The summed E-state index contributed by atoms with van der Waals surface area (Å²) in [7, 11) is 0. The molecule has 1 fully saturated rings. The zero-order chi connectivity index (χ0) is 13.2. The molecule has 19 heavy (non-hydrogen) atoms. The first-order chi connectivity index (χ1) is 9.24. The van der Waals surface area contributed by atoms with Gasteiger partial charge in [-0.15, -0.1) is 0 Å². The van der Waals surface area contributed by atoms with Gasteiger partial charge in [-0.05, 0) is 37.6 Å². The molecule has 1 aromatic heterocycles. The molecule has 0 bridgehead atoms. The lowest BCUT2D eigenvalue weighted by atomic mass is 10.1. The maximum absolute atomic E-state index is 13.2. The molecule has 1 aromatic carbocycles. The molecule has 0 unspecified atom stereocenters. The SMILES string of the molecule is Fc1ccc(-c2noc([C@H]3CCCCN3)n2)cc1F. The number of aromatic nitrogens is 2. The summed E-state index contributed by atoms with van der Waals surface area (Å²) in [6.45, 7) is 0.924. The van der Waals surface area contributed by atoms with Crippen molar-refractivity contribution in [2.75, 3.05) is 6.54 Å². The fourth-order valence-corrected chi connectivity index (χ4v) is 2.19.